The molecule has 2 aromatic heterocycles. The molecule has 0 saturated heterocycles. The summed E-state index contributed by atoms with van der Waals surface area (Å²) >= 11 is 2.66. The second kappa shape index (κ2) is 7.90. The summed E-state index contributed by atoms with van der Waals surface area (Å²) < 4.78 is 31.9. The van der Waals surface area contributed by atoms with E-state index in [4.69, 9.17) is 4.74 Å². The van der Waals surface area contributed by atoms with Crippen molar-refractivity contribution in [1.29, 1.82) is 0 Å². The molecular weight excluding hydrogens is 392 g/mol. The lowest BCUT2D eigenvalue weighted by Crippen LogP contribution is -2.25. The van der Waals surface area contributed by atoms with Crippen molar-refractivity contribution in [1.82, 2.24) is 0 Å². The van der Waals surface area contributed by atoms with Gasteiger partial charge in [0.1, 0.15) is 9.96 Å². The van der Waals surface area contributed by atoms with Crippen LogP contribution in [-0.2, 0) is 14.8 Å². The first-order valence-corrected chi connectivity index (χ1v) is 10.8. The Bertz CT molecular complexity index is 950. The number of nitrogens with one attached hydrogen (secondary N) is 1. The predicted octanol–water partition coefficient (Wildman–Crippen LogP) is 3.65. The molecular formula is C17H16N2O4S3. The summed E-state index contributed by atoms with van der Waals surface area (Å²) in [6.07, 6.45) is 0. The Morgan fingerprint density at radius 1 is 1.15 bits per heavy atom. The number of hydrogen-bond acceptors (Lipinski definition) is 6. The summed E-state index contributed by atoms with van der Waals surface area (Å²) in [4.78, 5) is 11.8. The van der Waals surface area contributed by atoms with Crippen LogP contribution in [0.15, 0.2) is 62.8 Å². The van der Waals surface area contributed by atoms with Crippen LogP contribution in [0.4, 0.5) is 11.4 Å². The molecule has 0 fully saturated rings. The molecule has 3 rings (SSSR count). The second-order valence-corrected chi connectivity index (χ2v) is 9.17. The molecule has 0 saturated carbocycles. The molecule has 0 unspecified atom stereocenters. The molecule has 6 nitrogen and oxygen atoms in total. The summed E-state index contributed by atoms with van der Waals surface area (Å²) in [5, 5.41) is 8.14. The second-order valence-electron chi connectivity index (χ2n) is 5.25. The first kappa shape index (κ1) is 18.4. The fraction of sp³-hybridized carbons (Fsp3) is 0.118. The van der Waals surface area contributed by atoms with E-state index in [9.17, 15) is 13.2 Å². The molecule has 136 valence electrons. The Balaban J connectivity index is 1.60. The third-order valence-electron chi connectivity index (χ3n) is 3.49. The van der Waals surface area contributed by atoms with Crippen molar-refractivity contribution in [2.45, 2.75) is 4.21 Å². The van der Waals surface area contributed by atoms with Gasteiger partial charge in [0.05, 0.1) is 11.4 Å². The first-order chi connectivity index (χ1) is 12.5. The number of carbonyl (C=O) groups is 1. The monoisotopic (exact) mass is 408 g/mol. The highest BCUT2D eigenvalue weighted by molar-refractivity contribution is 7.94. The molecule has 0 radical (unpaired) electrons. The maximum atomic E-state index is 12.5. The Morgan fingerprint density at radius 2 is 1.92 bits per heavy atom. The molecule has 0 aliphatic carbocycles. The van der Waals surface area contributed by atoms with Crippen LogP contribution < -0.4 is 14.4 Å². The lowest BCUT2D eigenvalue weighted by atomic mass is 10.3. The lowest BCUT2D eigenvalue weighted by Gasteiger charge is -2.18. The molecule has 0 aliphatic heterocycles. The van der Waals surface area contributed by atoms with Crippen molar-refractivity contribution >= 4 is 50.0 Å². The van der Waals surface area contributed by atoms with Gasteiger partial charge in [0, 0.05) is 12.4 Å². The van der Waals surface area contributed by atoms with Crippen molar-refractivity contribution in [3.05, 3.63) is 58.6 Å². The number of carbonyl (C=O) groups excluding carboxylic acids is 1. The van der Waals surface area contributed by atoms with E-state index in [0.29, 0.717) is 11.4 Å². The minimum Gasteiger partial charge on any atom is -0.484 e. The molecule has 26 heavy (non-hydrogen) atoms. The molecule has 0 atom stereocenters. The van der Waals surface area contributed by atoms with Crippen LogP contribution in [0, 0.1) is 0 Å². The number of anilines is 2. The largest absolute Gasteiger partial charge is 0.484 e. The van der Waals surface area contributed by atoms with E-state index in [-0.39, 0.29) is 16.7 Å². The highest BCUT2D eigenvalue weighted by Crippen LogP contribution is 2.26. The number of sulfonamides is 1. The van der Waals surface area contributed by atoms with E-state index < -0.39 is 10.0 Å². The number of thiophene rings is 2. The van der Waals surface area contributed by atoms with E-state index in [2.05, 4.69) is 5.32 Å². The van der Waals surface area contributed by atoms with E-state index in [1.165, 1.54) is 34.0 Å². The number of hydrogen-bond donors (Lipinski definition) is 1. The molecule has 3 aromatic rings. The molecule has 1 aromatic carbocycles. The van der Waals surface area contributed by atoms with Gasteiger partial charge in [-0.2, -0.15) is 11.3 Å². The minimum atomic E-state index is -3.57. The maximum Gasteiger partial charge on any atom is 0.273 e. The number of benzene rings is 1. The highest BCUT2D eigenvalue weighted by Gasteiger charge is 2.22. The average molecular weight is 409 g/mol. The van der Waals surface area contributed by atoms with Gasteiger partial charge in [-0.25, -0.2) is 8.42 Å². The summed E-state index contributed by atoms with van der Waals surface area (Å²) in [5.41, 5.74) is 1.24. The van der Waals surface area contributed by atoms with Crippen LogP contribution in [0.5, 0.6) is 5.75 Å². The topological polar surface area (TPSA) is 75.7 Å². The van der Waals surface area contributed by atoms with Gasteiger partial charge in [-0.05, 0) is 47.2 Å². The quantitative estimate of drug-likeness (QED) is 0.647. The maximum absolute atomic E-state index is 12.5. The van der Waals surface area contributed by atoms with Gasteiger partial charge in [0.25, 0.3) is 15.9 Å². The van der Waals surface area contributed by atoms with E-state index >= 15 is 0 Å². The zero-order valence-corrected chi connectivity index (χ0v) is 16.2. The number of nitrogens with zero attached hydrogens (tertiary/aromatic N) is 1. The highest BCUT2D eigenvalue weighted by atomic mass is 32.2. The lowest BCUT2D eigenvalue weighted by molar-refractivity contribution is -0.118. The Morgan fingerprint density at radius 3 is 2.54 bits per heavy atom. The normalized spacial score (nSPS) is 11.1. The van der Waals surface area contributed by atoms with Gasteiger partial charge >= 0.3 is 0 Å². The molecule has 0 spiro atoms. The van der Waals surface area contributed by atoms with E-state index in [0.717, 1.165) is 5.69 Å². The average Bonchev–Trinajstić information content (AvgIpc) is 3.34. The van der Waals surface area contributed by atoms with E-state index in [1.807, 2.05) is 10.8 Å². The van der Waals surface area contributed by atoms with Gasteiger partial charge < -0.3 is 10.1 Å². The SMILES string of the molecule is CN(c1ccc(OCC(=O)Nc2ccsc2)cc1)S(=O)(=O)c1cccs1. The summed E-state index contributed by atoms with van der Waals surface area (Å²) in [6, 6.07) is 11.6. The van der Waals surface area contributed by atoms with Crippen molar-refractivity contribution in [2.75, 3.05) is 23.3 Å². The van der Waals surface area contributed by atoms with E-state index in [1.54, 1.807) is 47.8 Å². The summed E-state index contributed by atoms with van der Waals surface area (Å²) in [5.74, 6) is 0.223. The zero-order chi connectivity index (χ0) is 18.6. The van der Waals surface area contributed by atoms with Crippen LogP contribution in [0.25, 0.3) is 0 Å². The van der Waals surface area contributed by atoms with Crippen LogP contribution in [-0.4, -0.2) is 28.0 Å². The zero-order valence-electron chi connectivity index (χ0n) is 13.8. The van der Waals surface area contributed by atoms with Gasteiger partial charge in [0.2, 0.25) is 0 Å². The van der Waals surface area contributed by atoms with Gasteiger partial charge in [-0.3, -0.25) is 9.10 Å². The fourth-order valence-corrected chi connectivity index (χ4v) is 5.06. The predicted molar refractivity (Wildman–Crippen MR) is 105 cm³/mol. The number of ether oxygens (including phenoxy) is 1. The third-order valence-corrected chi connectivity index (χ3v) is 7.33. The van der Waals surface area contributed by atoms with Crippen LogP contribution in [0.2, 0.25) is 0 Å². The van der Waals surface area contributed by atoms with Crippen LogP contribution >= 0.6 is 22.7 Å². The Hall–Kier alpha value is -2.36. The Kier molecular flexibility index (Phi) is 5.60. The van der Waals surface area contributed by atoms with Crippen LogP contribution in [0.1, 0.15) is 0 Å². The van der Waals surface area contributed by atoms with Crippen molar-refractivity contribution in [3.63, 3.8) is 0 Å². The standard InChI is InChI=1S/C17H16N2O4S3/c1-19(26(21,22)17-3-2-9-25-17)14-4-6-15(7-5-14)23-11-16(20)18-13-8-10-24-12-13/h2-10,12H,11H2,1H3,(H,18,20). The van der Waals surface area contributed by atoms with Gasteiger partial charge in [0.15, 0.2) is 6.61 Å². The molecule has 1 N–H and O–H groups in total. The molecule has 2 heterocycles. The number of amides is 1. The molecule has 1 amide bonds. The smallest absolute Gasteiger partial charge is 0.273 e. The molecule has 0 aliphatic rings. The van der Waals surface area contributed by atoms with Crippen molar-refractivity contribution < 1.29 is 17.9 Å². The van der Waals surface area contributed by atoms with Gasteiger partial charge in [-0.1, -0.05) is 6.07 Å². The summed E-state index contributed by atoms with van der Waals surface area (Å²) in [6.45, 7) is -0.126. The first-order valence-electron chi connectivity index (χ1n) is 7.54. The molecule has 0 bridgehead atoms. The fourth-order valence-electron chi connectivity index (χ4n) is 2.12. The van der Waals surface area contributed by atoms with Crippen molar-refractivity contribution in [3.8, 4) is 5.75 Å². The minimum absolute atomic E-state index is 0.126. The van der Waals surface area contributed by atoms with Crippen LogP contribution in [0.3, 0.4) is 0 Å². The van der Waals surface area contributed by atoms with Gasteiger partial charge in [-0.15, -0.1) is 11.3 Å². The summed E-state index contributed by atoms with van der Waals surface area (Å²) in [7, 11) is -2.07. The Labute approximate surface area is 159 Å². The number of rotatable bonds is 7. The molecule has 9 heteroatoms. The third kappa shape index (κ3) is 4.24. The van der Waals surface area contributed by atoms with Crippen molar-refractivity contribution in [2.24, 2.45) is 0 Å².